The standard InChI is InChI=1S/C25H36N4O2S/c1-3-28-14-12-19-20(16-28)32-24-21(19)23(26-22(27-24)17-9-6-5-7-10-17)29-13-8-11-18(15-29)25(30)31-4-2/h17-18H,3-16H2,1-2H3. The molecule has 2 aliphatic heterocycles. The molecule has 2 fully saturated rings. The van der Waals surface area contributed by atoms with Crippen LogP contribution in [0, 0.1) is 5.92 Å². The molecule has 1 atom stereocenters. The molecule has 1 saturated carbocycles. The minimum atomic E-state index is -0.0584. The Hall–Kier alpha value is -1.73. The van der Waals surface area contributed by atoms with Gasteiger partial charge in [-0.05, 0) is 51.1 Å². The lowest BCUT2D eigenvalue weighted by molar-refractivity contribution is -0.148. The van der Waals surface area contributed by atoms with Gasteiger partial charge in [-0.2, -0.15) is 0 Å². The van der Waals surface area contributed by atoms with Crippen molar-refractivity contribution in [3.05, 3.63) is 16.3 Å². The zero-order chi connectivity index (χ0) is 22.1. The van der Waals surface area contributed by atoms with Gasteiger partial charge >= 0.3 is 5.97 Å². The molecule has 3 aliphatic rings. The van der Waals surface area contributed by atoms with E-state index < -0.39 is 0 Å². The van der Waals surface area contributed by atoms with Crippen LogP contribution in [0.15, 0.2) is 0 Å². The number of hydrogen-bond acceptors (Lipinski definition) is 7. The Morgan fingerprint density at radius 3 is 2.72 bits per heavy atom. The predicted molar refractivity (Wildman–Crippen MR) is 129 cm³/mol. The fourth-order valence-electron chi connectivity index (χ4n) is 5.71. The molecule has 32 heavy (non-hydrogen) atoms. The molecule has 0 N–H and O–H groups in total. The van der Waals surface area contributed by atoms with Crippen molar-refractivity contribution >= 4 is 33.3 Å². The molecule has 2 aromatic rings. The van der Waals surface area contributed by atoms with Gasteiger partial charge in [-0.3, -0.25) is 9.69 Å². The Morgan fingerprint density at radius 1 is 1.09 bits per heavy atom. The second-order valence-corrected chi connectivity index (χ2v) is 10.7. The predicted octanol–water partition coefficient (Wildman–Crippen LogP) is 4.90. The summed E-state index contributed by atoms with van der Waals surface area (Å²) in [5.74, 6) is 2.49. The molecule has 1 aliphatic carbocycles. The number of carbonyl (C=O) groups is 1. The first kappa shape index (κ1) is 22.1. The Labute approximate surface area is 195 Å². The van der Waals surface area contributed by atoms with Crippen molar-refractivity contribution in [2.45, 2.75) is 77.7 Å². The van der Waals surface area contributed by atoms with Crippen LogP contribution >= 0.6 is 11.3 Å². The zero-order valence-electron chi connectivity index (χ0n) is 19.6. The molecular formula is C25H36N4O2S. The van der Waals surface area contributed by atoms with Gasteiger partial charge < -0.3 is 9.64 Å². The van der Waals surface area contributed by atoms with E-state index in [1.807, 2.05) is 18.3 Å². The van der Waals surface area contributed by atoms with Crippen molar-refractivity contribution in [3.8, 4) is 0 Å². The normalized spacial score (nSPS) is 22.8. The number of ether oxygens (including phenoxy) is 1. The van der Waals surface area contributed by atoms with Gasteiger partial charge in [-0.1, -0.05) is 26.2 Å². The number of hydrogen-bond donors (Lipinski definition) is 0. The lowest BCUT2D eigenvalue weighted by Crippen LogP contribution is -2.40. The first-order valence-electron chi connectivity index (χ1n) is 12.6. The van der Waals surface area contributed by atoms with Crippen LogP contribution in [-0.4, -0.2) is 53.6 Å². The summed E-state index contributed by atoms with van der Waals surface area (Å²) >= 11 is 1.88. The van der Waals surface area contributed by atoms with E-state index in [1.165, 1.54) is 47.9 Å². The maximum atomic E-state index is 12.5. The van der Waals surface area contributed by atoms with Gasteiger partial charge in [0.25, 0.3) is 0 Å². The van der Waals surface area contributed by atoms with Crippen LogP contribution in [-0.2, 0) is 22.5 Å². The van der Waals surface area contributed by atoms with Crippen LogP contribution < -0.4 is 4.90 Å². The van der Waals surface area contributed by atoms with E-state index in [-0.39, 0.29) is 11.9 Å². The molecule has 0 radical (unpaired) electrons. The maximum absolute atomic E-state index is 12.5. The monoisotopic (exact) mass is 456 g/mol. The van der Waals surface area contributed by atoms with Gasteiger partial charge in [-0.15, -0.1) is 11.3 Å². The lowest BCUT2D eigenvalue weighted by atomic mass is 9.88. The molecule has 1 saturated heterocycles. The molecule has 0 amide bonds. The molecule has 174 valence electrons. The van der Waals surface area contributed by atoms with E-state index in [4.69, 9.17) is 14.7 Å². The highest BCUT2D eigenvalue weighted by molar-refractivity contribution is 7.19. The van der Waals surface area contributed by atoms with Gasteiger partial charge in [0.2, 0.25) is 0 Å². The SMILES string of the molecule is CCOC(=O)C1CCCN(c2nc(C3CCCCC3)nc3sc4c(c23)CCN(CC)C4)C1. The summed E-state index contributed by atoms with van der Waals surface area (Å²) in [4.78, 5) is 30.5. The number of likely N-dealkylation sites (N-methyl/N-ethyl adjacent to an activating group) is 1. The third kappa shape index (κ3) is 4.26. The topological polar surface area (TPSA) is 58.6 Å². The fourth-order valence-corrected chi connectivity index (χ4v) is 6.97. The number of rotatable bonds is 5. The van der Waals surface area contributed by atoms with Crippen molar-refractivity contribution in [1.82, 2.24) is 14.9 Å². The third-order valence-corrected chi connectivity index (χ3v) is 8.65. The summed E-state index contributed by atoms with van der Waals surface area (Å²) in [6, 6.07) is 0. The molecule has 1 unspecified atom stereocenters. The van der Waals surface area contributed by atoms with E-state index in [2.05, 4.69) is 16.7 Å². The molecular weight excluding hydrogens is 420 g/mol. The molecule has 0 aromatic carbocycles. The van der Waals surface area contributed by atoms with Crippen LogP contribution in [0.2, 0.25) is 0 Å². The van der Waals surface area contributed by atoms with Crippen molar-refractivity contribution < 1.29 is 9.53 Å². The van der Waals surface area contributed by atoms with E-state index in [0.29, 0.717) is 19.1 Å². The Balaban J connectivity index is 1.55. The van der Waals surface area contributed by atoms with E-state index in [9.17, 15) is 4.79 Å². The molecule has 0 spiro atoms. The van der Waals surface area contributed by atoms with Gasteiger partial charge in [0, 0.05) is 37.0 Å². The molecule has 6 nitrogen and oxygen atoms in total. The summed E-state index contributed by atoms with van der Waals surface area (Å²) in [5.41, 5.74) is 1.46. The highest BCUT2D eigenvalue weighted by Crippen LogP contribution is 2.42. The number of esters is 1. The minimum Gasteiger partial charge on any atom is -0.466 e. The number of thiophene rings is 1. The number of fused-ring (bicyclic) bond motifs is 3. The zero-order valence-corrected chi connectivity index (χ0v) is 20.4. The summed E-state index contributed by atoms with van der Waals surface area (Å²) in [6.45, 7) is 9.46. The average Bonchev–Trinajstić information content (AvgIpc) is 3.21. The smallest absolute Gasteiger partial charge is 0.310 e. The van der Waals surface area contributed by atoms with Gasteiger partial charge in [0.1, 0.15) is 16.5 Å². The minimum absolute atomic E-state index is 0.0547. The first-order chi connectivity index (χ1) is 15.7. The summed E-state index contributed by atoms with van der Waals surface area (Å²) < 4.78 is 5.37. The lowest BCUT2D eigenvalue weighted by Gasteiger charge is -2.34. The molecule has 7 heteroatoms. The van der Waals surface area contributed by atoms with Crippen LogP contribution in [0.4, 0.5) is 5.82 Å². The number of nitrogens with zero attached hydrogens (tertiary/aromatic N) is 4. The second-order valence-electron chi connectivity index (χ2n) is 9.58. The second kappa shape index (κ2) is 9.64. The number of piperidine rings is 1. The summed E-state index contributed by atoms with van der Waals surface area (Å²) in [6.07, 6.45) is 9.27. The first-order valence-corrected chi connectivity index (χ1v) is 13.5. The third-order valence-electron chi connectivity index (χ3n) is 7.54. The van der Waals surface area contributed by atoms with Crippen molar-refractivity contribution in [2.75, 3.05) is 37.7 Å². The average molecular weight is 457 g/mol. The van der Waals surface area contributed by atoms with Crippen LogP contribution in [0.1, 0.15) is 81.0 Å². The summed E-state index contributed by atoms with van der Waals surface area (Å²) in [7, 11) is 0. The highest BCUT2D eigenvalue weighted by atomic mass is 32.1. The van der Waals surface area contributed by atoms with Gasteiger partial charge in [0.15, 0.2) is 0 Å². The number of aromatic nitrogens is 2. The molecule has 4 heterocycles. The quantitative estimate of drug-likeness (QED) is 0.597. The van der Waals surface area contributed by atoms with Crippen molar-refractivity contribution in [3.63, 3.8) is 0 Å². The number of carbonyl (C=O) groups excluding carboxylic acids is 1. The molecule has 5 rings (SSSR count). The van der Waals surface area contributed by atoms with E-state index >= 15 is 0 Å². The van der Waals surface area contributed by atoms with E-state index in [0.717, 1.165) is 61.9 Å². The van der Waals surface area contributed by atoms with Crippen LogP contribution in [0.3, 0.4) is 0 Å². The fraction of sp³-hybridized carbons (Fsp3) is 0.720. The molecule has 2 aromatic heterocycles. The highest BCUT2D eigenvalue weighted by Gasteiger charge is 2.32. The van der Waals surface area contributed by atoms with Gasteiger partial charge in [0.05, 0.1) is 17.9 Å². The van der Waals surface area contributed by atoms with E-state index in [1.54, 1.807) is 0 Å². The Bertz CT molecular complexity index is 968. The largest absolute Gasteiger partial charge is 0.466 e. The summed E-state index contributed by atoms with van der Waals surface area (Å²) in [5, 5.41) is 1.27. The maximum Gasteiger partial charge on any atom is 0.310 e. The van der Waals surface area contributed by atoms with Crippen molar-refractivity contribution in [2.24, 2.45) is 5.92 Å². The van der Waals surface area contributed by atoms with Crippen molar-refractivity contribution in [1.29, 1.82) is 0 Å². The number of anilines is 1. The van der Waals surface area contributed by atoms with Crippen LogP contribution in [0.5, 0.6) is 0 Å². The van der Waals surface area contributed by atoms with Crippen LogP contribution in [0.25, 0.3) is 10.2 Å². The molecule has 0 bridgehead atoms. The van der Waals surface area contributed by atoms with Gasteiger partial charge in [-0.25, -0.2) is 9.97 Å². The Morgan fingerprint density at radius 2 is 1.94 bits per heavy atom. The Kier molecular flexibility index (Phi) is 6.65.